The van der Waals surface area contributed by atoms with E-state index in [1.807, 2.05) is 13.8 Å². The van der Waals surface area contributed by atoms with Crippen LogP contribution in [-0.2, 0) is 0 Å². The Morgan fingerprint density at radius 2 is 2.20 bits per heavy atom. The zero-order valence-electron chi connectivity index (χ0n) is 6.00. The summed E-state index contributed by atoms with van der Waals surface area (Å²) in [6, 6.07) is 0. The molecule has 3 heteroatoms. The third kappa shape index (κ3) is 1.29. The van der Waals surface area contributed by atoms with E-state index in [0.29, 0.717) is 5.69 Å². The molecule has 0 aliphatic heterocycles. The minimum Gasteiger partial charge on any atom is -0.242 e. The van der Waals surface area contributed by atoms with Gasteiger partial charge >= 0.3 is 0 Å². The molecule has 0 bridgehead atoms. The zero-order chi connectivity index (χ0) is 7.56. The lowest BCUT2D eigenvalue weighted by atomic mass is 10.1. The van der Waals surface area contributed by atoms with Crippen LogP contribution in [0, 0.1) is 5.82 Å². The van der Waals surface area contributed by atoms with Gasteiger partial charge in [0.15, 0.2) is 5.82 Å². The predicted octanol–water partition coefficient (Wildman–Crippen LogP) is 1.74. The molecule has 1 aromatic rings. The quantitative estimate of drug-likeness (QED) is 0.593. The van der Waals surface area contributed by atoms with Gasteiger partial charge in [-0.1, -0.05) is 13.8 Å². The molecule has 1 aromatic heterocycles. The van der Waals surface area contributed by atoms with E-state index in [2.05, 4.69) is 9.97 Å². The first kappa shape index (κ1) is 7.12. The van der Waals surface area contributed by atoms with E-state index in [1.165, 1.54) is 12.5 Å². The van der Waals surface area contributed by atoms with Crippen molar-refractivity contribution in [2.75, 3.05) is 0 Å². The van der Waals surface area contributed by atoms with Crippen molar-refractivity contribution < 1.29 is 4.39 Å². The van der Waals surface area contributed by atoms with Crippen LogP contribution in [0.25, 0.3) is 0 Å². The van der Waals surface area contributed by atoms with Crippen molar-refractivity contribution in [3.63, 3.8) is 0 Å². The van der Waals surface area contributed by atoms with Crippen molar-refractivity contribution in [1.29, 1.82) is 0 Å². The first-order valence-electron chi connectivity index (χ1n) is 3.17. The molecule has 0 aromatic carbocycles. The number of hydrogen-bond acceptors (Lipinski definition) is 2. The van der Waals surface area contributed by atoms with Crippen molar-refractivity contribution in [2.24, 2.45) is 0 Å². The monoisotopic (exact) mass is 140 g/mol. The van der Waals surface area contributed by atoms with Crippen molar-refractivity contribution in [2.45, 2.75) is 19.8 Å². The lowest BCUT2D eigenvalue weighted by molar-refractivity contribution is 0.576. The molecule has 0 radical (unpaired) electrons. The number of hydrogen-bond donors (Lipinski definition) is 0. The zero-order valence-corrected chi connectivity index (χ0v) is 6.00. The molecule has 0 saturated carbocycles. The molecule has 0 unspecified atom stereocenters. The average Bonchev–Trinajstić information content (AvgIpc) is 1.88. The second-order valence-electron chi connectivity index (χ2n) is 2.41. The lowest BCUT2D eigenvalue weighted by Crippen LogP contribution is -1.97. The fourth-order valence-corrected chi connectivity index (χ4v) is 0.747. The van der Waals surface area contributed by atoms with Crippen molar-refractivity contribution >= 4 is 0 Å². The van der Waals surface area contributed by atoms with E-state index in [1.54, 1.807) is 0 Å². The summed E-state index contributed by atoms with van der Waals surface area (Å²) in [5.41, 5.74) is 0.481. The van der Waals surface area contributed by atoms with E-state index in [9.17, 15) is 4.39 Å². The van der Waals surface area contributed by atoms with Gasteiger partial charge in [0, 0.05) is 0 Å². The Morgan fingerprint density at radius 1 is 1.50 bits per heavy atom. The van der Waals surface area contributed by atoms with Gasteiger partial charge in [0.1, 0.15) is 6.33 Å². The second kappa shape index (κ2) is 2.73. The van der Waals surface area contributed by atoms with Crippen LogP contribution < -0.4 is 0 Å². The molecule has 0 spiro atoms. The highest BCUT2D eigenvalue weighted by Gasteiger charge is 2.05. The van der Waals surface area contributed by atoms with E-state index in [0.717, 1.165) is 0 Å². The molecule has 0 aliphatic rings. The Kier molecular flexibility index (Phi) is 1.94. The highest BCUT2D eigenvalue weighted by molar-refractivity contribution is 5.05. The van der Waals surface area contributed by atoms with Gasteiger partial charge in [-0.2, -0.15) is 0 Å². The summed E-state index contributed by atoms with van der Waals surface area (Å²) in [5.74, 6) is -0.194. The van der Waals surface area contributed by atoms with Crippen molar-refractivity contribution in [3.05, 3.63) is 24.0 Å². The van der Waals surface area contributed by atoms with Crippen LogP contribution >= 0.6 is 0 Å². The molecule has 2 nitrogen and oxygen atoms in total. The average molecular weight is 140 g/mol. The van der Waals surface area contributed by atoms with Gasteiger partial charge in [-0.3, -0.25) is 0 Å². The molecule has 54 valence electrons. The topological polar surface area (TPSA) is 25.8 Å². The molecule has 0 fully saturated rings. The van der Waals surface area contributed by atoms with E-state index < -0.39 is 0 Å². The SMILES string of the molecule is CC(C)c1ncncc1F. The van der Waals surface area contributed by atoms with Gasteiger partial charge < -0.3 is 0 Å². The highest BCUT2D eigenvalue weighted by atomic mass is 19.1. The van der Waals surface area contributed by atoms with E-state index in [4.69, 9.17) is 0 Å². The molecule has 1 rings (SSSR count). The summed E-state index contributed by atoms with van der Waals surface area (Å²) in [5, 5.41) is 0. The van der Waals surface area contributed by atoms with Gasteiger partial charge in [-0.05, 0) is 5.92 Å². The smallest absolute Gasteiger partial charge is 0.163 e. The fraction of sp³-hybridized carbons (Fsp3) is 0.429. The Balaban J connectivity index is 3.03. The van der Waals surface area contributed by atoms with Crippen LogP contribution in [-0.4, -0.2) is 9.97 Å². The molecule has 0 amide bonds. The summed E-state index contributed by atoms with van der Waals surface area (Å²) in [7, 11) is 0. The minimum atomic E-state index is -0.322. The van der Waals surface area contributed by atoms with Gasteiger partial charge in [0.25, 0.3) is 0 Å². The molecule has 0 atom stereocenters. The van der Waals surface area contributed by atoms with Gasteiger partial charge in [0.2, 0.25) is 0 Å². The standard InChI is InChI=1S/C7H9FN2/c1-5(2)7-6(8)3-9-4-10-7/h3-5H,1-2H3. The summed E-state index contributed by atoms with van der Waals surface area (Å²) < 4.78 is 12.7. The Bertz CT molecular complexity index is 223. The molecule has 1 heterocycles. The normalized spacial score (nSPS) is 10.4. The lowest BCUT2D eigenvalue weighted by Gasteiger charge is -2.02. The summed E-state index contributed by atoms with van der Waals surface area (Å²) in [6.07, 6.45) is 2.54. The second-order valence-corrected chi connectivity index (χ2v) is 2.41. The first-order valence-corrected chi connectivity index (χ1v) is 3.17. The van der Waals surface area contributed by atoms with Crippen LogP contribution in [0.15, 0.2) is 12.5 Å². The van der Waals surface area contributed by atoms with Crippen molar-refractivity contribution in [3.8, 4) is 0 Å². The summed E-state index contributed by atoms with van der Waals surface area (Å²) in [4.78, 5) is 7.33. The maximum absolute atomic E-state index is 12.7. The first-order chi connectivity index (χ1) is 4.72. The fourth-order valence-electron chi connectivity index (χ4n) is 0.747. The summed E-state index contributed by atoms with van der Waals surface area (Å²) >= 11 is 0. The Morgan fingerprint density at radius 3 is 2.60 bits per heavy atom. The number of aromatic nitrogens is 2. The van der Waals surface area contributed by atoms with Crippen LogP contribution in [0.2, 0.25) is 0 Å². The Hall–Kier alpha value is -0.990. The number of nitrogens with zero attached hydrogens (tertiary/aromatic N) is 2. The molecular weight excluding hydrogens is 131 g/mol. The van der Waals surface area contributed by atoms with E-state index in [-0.39, 0.29) is 11.7 Å². The molecule has 0 N–H and O–H groups in total. The Labute approximate surface area is 59.1 Å². The molecule has 0 saturated heterocycles. The van der Waals surface area contributed by atoms with Crippen molar-refractivity contribution in [1.82, 2.24) is 9.97 Å². The van der Waals surface area contributed by atoms with Crippen LogP contribution in [0.5, 0.6) is 0 Å². The predicted molar refractivity (Wildman–Crippen MR) is 36.1 cm³/mol. The largest absolute Gasteiger partial charge is 0.242 e. The maximum atomic E-state index is 12.7. The van der Waals surface area contributed by atoms with Gasteiger partial charge in [-0.25, -0.2) is 14.4 Å². The minimum absolute atomic E-state index is 0.128. The number of rotatable bonds is 1. The third-order valence-electron chi connectivity index (χ3n) is 1.24. The molecular formula is C7H9FN2. The number of halogens is 1. The van der Waals surface area contributed by atoms with Gasteiger partial charge in [-0.15, -0.1) is 0 Å². The molecule has 10 heavy (non-hydrogen) atoms. The molecule has 0 aliphatic carbocycles. The van der Waals surface area contributed by atoms with Gasteiger partial charge in [0.05, 0.1) is 11.9 Å². The van der Waals surface area contributed by atoms with Crippen LogP contribution in [0.3, 0.4) is 0 Å². The van der Waals surface area contributed by atoms with Crippen LogP contribution in [0.1, 0.15) is 25.5 Å². The summed E-state index contributed by atoms with van der Waals surface area (Å²) in [6.45, 7) is 3.79. The third-order valence-corrected chi connectivity index (χ3v) is 1.24. The highest BCUT2D eigenvalue weighted by Crippen LogP contribution is 2.12. The van der Waals surface area contributed by atoms with E-state index >= 15 is 0 Å². The van der Waals surface area contributed by atoms with Crippen LogP contribution in [0.4, 0.5) is 4.39 Å². The maximum Gasteiger partial charge on any atom is 0.163 e.